The van der Waals surface area contributed by atoms with Crippen molar-refractivity contribution in [3.05, 3.63) is 53.8 Å². The number of hydrogen-bond donors (Lipinski definition) is 1. The lowest BCUT2D eigenvalue weighted by Gasteiger charge is -2.26. The summed E-state index contributed by atoms with van der Waals surface area (Å²) in [5.74, 6) is -0.320. The summed E-state index contributed by atoms with van der Waals surface area (Å²) in [7, 11) is 0. The van der Waals surface area contributed by atoms with Gasteiger partial charge in [-0.05, 0) is 36.8 Å². The predicted molar refractivity (Wildman–Crippen MR) is 79.2 cm³/mol. The number of rotatable bonds is 4. The Labute approximate surface area is 118 Å². The van der Waals surface area contributed by atoms with Crippen molar-refractivity contribution < 1.29 is 4.39 Å². The van der Waals surface area contributed by atoms with Gasteiger partial charge in [0.15, 0.2) is 0 Å². The topological polar surface area (TPSA) is 53.0 Å². The minimum absolute atomic E-state index is 0.320. The summed E-state index contributed by atoms with van der Waals surface area (Å²) in [5.41, 5.74) is 8.50. The molecule has 3 nitrogen and oxygen atoms in total. The maximum atomic E-state index is 13.5. The zero-order chi connectivity index (χ0) is 14.5. The molecule has 2 rings (SSSR count). The molecule has 102 valence electrons. The number of para-hydroxylation sites is 1. The van der Waals surface area contributed by atoms with E-state index in [1.54, 1.807) is 13.0 Å². The molecule has 2 aromatic rings. The number of nitriles is 1. The molecule has 0 spiro atoms. The summed E-state index contributed by atoms with van der Waals surface area (Å²) in [6.45, 7) is 2.21. The third-order valence-corrected chi connectivity index (χ3v) is 3.11. The van der Waals surface area contributed by atoms with E-state index in [2.05, 4.69) is 6.07 Å². The largest absolute Gasteiger partial charge is 0.397 e. The number of aryl methyl sites for hydroxylation is 1. The molecule has 0 aromatic heterocycles. The quantitative estimate of drug-likeness (QED) is 0.860. The number of benzene rings is 2. The van der Waals surface area contributed by atoms with Crippen LogP contribution in [0.25, 0.3) is 0 Å². The Morgan fingerprint density at radius 2 is 1.95 bits per heavy atom. The Morgan fingerprint density at radius 1 is 1.25 bits per heavy atom. The standard InChI is InChI=1S/C16H16FN3/c1-12-10-16(15(19)11-14(12)17)20(9-5-8-18)13-6-3-2-4-7-13/h2-4,6-7,10-11H,5,9,19H2,1H3. The first-order chi connectivity index (χ1) is 9.63. The second kappa shape index (κ2) is 6.07. The highest BCUT2D eigenvalue weighted by Gasteiger charge is 2.14. The summed E-state index contributed by atoms with van der Waals surface area (Å²) in [6.07, 6.45) is 0.366. The van der Waals surface area contributed by atoms with Crippen LogP contribution in [-0.2, 0) is 0 Å². The fourth-order valence-corrected chi connectivity index (χ4v) is 2.07. The van der Waals surface area contributed by atoms with Crippen molar-refractivity contribution in [2.75, 3.05) is 17.2 Å². The Hall–Kier alpha value is -2.54. The second-order valence-corrected chi connectivity index (χ2v) is 4.56. The highest BCUT2D eigenvalue weighted by molar-refractivity contribution is 5.75. The van der Waals surface area contributed by atoms with E-state index >= 15 is 0 Å². The predicted octanol–water partition coefficient (Wildman–Crippen LogP) is 3.77. The van der Waals surface area contributed by atoms with E-state index in [9.17, 15) is 4.39 Å². The van der Waals surface area contributed by atoms with Crippen LogP contribution in [-0.4, -0.2) is 6.54 Å². The van der Waals surface area contributed by atoms with Gasteiger partial charge in [-0.2, -0.15) is 5.26 Å². The molecule has 4 heteroatoms. The van der Waals surface area contributed by atoms with Crippen LogP contribution < -0.4 is 10.6 Å². The van der Waals surface area contributed by atoms with Crippen LogP contribution in [0, 0.1) is 24.1 Å². The molecule has 20 heavy (non-hydrogen) atoms. The lowest BCUT2D eigenvalue weighted by Crippen LogP contribution is -2.19. The molecule has 0 bridgehead atoms. The smallest absolute Gasteiger partial charge is 0.128 e. The molecule has 0 unspecified atom stereocenters. The van der Waals surface area contributed by atoms with Gasteiger partial charge in [0.2, 0.25) is 0 Å². The Kier molecular flexibility index (Phi) is 4.21. The molecule has 2 N–H and O–H groups in total. The van der Waals surface area contributed by atoms with Gasteiger partial charge in [-0.25, -0.2) is 4.39 Å². The van der Waals surface area contributed by atoms with E-state index in [0.717, 1.165) is 11.4 Å². The lowest BCUT2D eigenvalue weighted by molar-refractivity contribution is 0.619. The molecule has 0 radical (unpaired) electrons. The number of nitrogens with two attached hydrogens (primary N) is 1. The molecule has 0 aliphatic carbocycles. The Bertz CT molecular complexity index is 632. The molecule has 2 aromatic carbocycles. The average Bonchev–Trinajstić information content (AvgIpc) is 2.45. The summed E-state index contributed by atoms with van der Waals surface area (Å²) in [4.78, 5) is 1.94. The normalized spacial score (nSPS) is 10.1. The van der Waals surface area contributed by atoms with Gasteiger partial charge in [0, 0.05) is 12.2 Å². The van der Waals surface area contributed by atoms with Crippen LogP contribution in [0.1, 0.15) is 12.0 Å². The van der Waals surface area contributed by atoms with Crippen molar-refractivity contribution in [1.82, 2.24) is 0 Å². The van der Waals surface area contributed by atoms with Crippen molar-refractivity contribution in [1.29, 1.82) is 5.26 Å². The summed E-state index contributed by atoms with van der Waals surface area (Å²) < 4.78 is 13.5. The first-order valence-electron chi connectivity index (χ1n) is 6.38. The first-order valence-corrected chi connectivity index (χ1v) is 6.38. The van der Waals surface area contributed by atoms with Crippen molar-refractivity contribution >= 4 is 17.1 Å². The van der Waals surface area contributed by atoms with Crippen LogP contribution in [0.15, 0.2) is 42.5 Å². The zero-order valence-electron chi connectivity index (χ0n) is 11.3. The van der Waals surface area contributed by atoms with Crippen LogP contribution in [0.5, 0.6) is 0 Å². The van der Waals surface area contributed by atoms with Crippen molar-refractivity contribution in [3.63, 3.8) is 0 Å². The highest BCUT2D eigenvalue weighted by atomic mass is 19.1. The van der Waals surface area contributed by atoms with E-state index in [0.29, 0.717) is 24.2 Å². The van der Waals surface area contributed by atoms with Gasteiger partial charge < -0.3 is 10.6 Å². The second-order valence-electron chi connectivity index (χ2n) is 4.56. The van der Waals surface area contributed by atoms with Gasteiger partial charge in [-0.1, -0.05) is 18.2 Å². The Balaban J connectivity index is 2.47. The molecule has 0 saturated carbocycles. The van der Waals surface area contributed by atoms with E-state index in [1.807, 2.05) is 35.2 Å². The first kappa shape index (κ1) is 13.9. The van der Waals surface area contributed by atoms with Crippen LogP contribution in [0.3, 0.4) is 0 Å². The molecule has 0 aliphatic rings. The summed E-state index contributed by atoms with van der Waals surface area (Å²) in [6, 6.07) is 14.8. The molecule has 0 aliphatic heterocycles. The van der Waals surface area contributed by atoms with Crippen LogP contribution in [0.4, 0.5) is 21.5 Å². The van der Waals surface area contributed by atoms with Gasteiger partial charge >= 0.3 is 0 Å². The van der Waals surface area contributed by atoms with Crippen molar-refractivity contribution in [2.45, 2.75) is 13.3 Å². The van der Waals surface area contributed by atoms with E-state index in [-0.39, 0.29) is 5.82 Å². The van der Waals surface area contributed by atoms with E-state index in [1.165, 1.54) is 6.07 Å². The van der Waals surface area contributed by atoms with Gasteiger partial charge in [-0.3, -0.25) is 0 Å². The summed E-state index contributed by atoms with van der Waals surface area (Å²) in [5, 5.41) is 8.81. The van der Waals surface area contributed by atoms with E-state index in [4.69, 9.17) is 11.0 Å². The minimum atomic E-state index is -0.320. The lowest BCUT2D eigenvalue weighted by atomic mass is 10.1. The number of hydrogen-bond acceptors (Lipinski definition) is 3. The zero-order valence-corrected chi connectivity index (χ0v) is 11.3. The Morgan fingerprint density at radius 3 is 2.60 bits per heavy atom. The highest BCUT2D eigenvalue weighted by Crippen LogP contribution is 2.32. The van der Waals surface area contributed by atoms with Gasteiger partial charge in [0.1, 0.15) is 5.82 Å². The molecular formula is C16H16FN3. The van der Waals surface area contributed by atoms with Gasteiger partial charge in [-0.15, -0.1) is 0 Å². The van der Waals surface area contributed by atoms with Crippen LogP contribution in [0.2, 0.25) is 0 Å². The molecule has 0 amide bonds. The number of nitrogens with zero attached hydrogens (tertiary/aromatic N) is 2. The molecule has 0 saturated heterocycles. The third-order valence-electron chi connectivity index (χ3n) is 3.11. The van der Waals surface area contributed by atoms with E-state index < -0.39 is 0 Å². The van der Waals surface area contributed by atoms with Crippen molar-refractivity contribution in [3.8, 4) is 6.07 Å². The number of anilines is 3. The fraction of sp³-hybridized carbons (Fsp3) is 0.188. The number of nitrogen functional groups attached to an aromatic ring is 1. The molecule has 0 heterocycles. The molecule has 0 atom stereocenters. The molecule has 0 fully saturated rings. The van der Waals surface area contributed by atoms with Crippen molar-refractivity contribution in [2.24, 2.45) is 0 Å². The summed E-state index contributed by atoms with van der Waals surface area (Å²) >= 11 is 0. The monoisotopic (exact) mass is 269 g/mol. The van der Waals surface area contributed by atoms with Crippen LogP contribution >= 0.6 is 0 Å². The average molecular weight is 269 g/mol. The fourth-order valence-electron chi connectivity index (χ4n) is 2.07. The number of halogens is 1. The SMILES string of the molecule is Cc1cc(N(CCC#N)c2ccccc2)c(N)cc1F. The maximum Gasteiger partial charge on any atom is 0.128 e. The van der Waals surface area contributed by atoms with Gasteiger partial charge in [0.25, 0.3) is 0 Å². The third kappa shape index (κ3) is 2.89. The van der Waals surface area contributed by atoms with Gasteiger partial charge in [0.05, 0.1) is 23.9 Å². The minimum Gasteiger partial charge on any atom is -0.397 e. The molecular weight excluding hydrogens is 253 g/mol. The maximum absolute atomic E-state index is 13.5.